The Balaban J connectivity index is 0.00000261. The molecule has 1 aromatic heterocycles. The molecule has 2 aliphatic heterocycles. The summed E-state index contributed by atoms with van der Waals surface area (Å²) in [7, 11) is 1.43. The van der Waals surface area contributed by atoms with Gasteiger partial charge in [-0.2, -0.15) is 0 Å². The minimum absolute atomic E-state index is 0. The summed E-state index contributed by atoms with van der Waals surface area (Å²) in [5.41, 5.74) is 2.25. The molecule has 0 spiro atoms. The monoisotopic (exact) mass is 471 g/mol. The molecule has 0 aliphatic carbocycles. The van der Waals surface area contributed by atoms with Crippen LogP contribution in [-0.2, 0) is 14.3 Å². The second-order valence-corrected chi connectivity index (χ2v) is 7.15. The van der Waals surface area contributed by atoms with Crippen molar-refractivity contribution < 1.29 is 14.3 Å². The van der Waals surface area contributed by atoms with Crippen molar-refractivity contribution in [1.29, 1.82) is 0 Å². The number of piperidine rings is 2. The van der Waals surface area contributed by atoms with Crippen LogP contribution in [0.3, 0.4) is 0 Å². The van der Waals surface area contributed by atoms with Gasteiger partial charge in [0.1, 0.15) is 0 Å². The summed E-state index contributed by atoms with van der Waals surface area (Å²) in [5.74, 6) is 0.877. The molecular formula is C18H32Cl3N5O3. The molecule has 0 atom stereocenters. The van der Waals surface area contributed by atoms with Gasteiger partial charge in [-0.15, -0.1) is 37.2 Å². The predicted octanol–water partition coefficient (Wildman–Crippen LogP) is 2.30. The fourth-order valence-electron chi connectivity index (χ4n) is 4.25. The third-order valence-corrected chi connectivity index (χ3v) is 5.55. The van der Waals surface area contributed by atoms with E-state index in [4.69, 9.17) is 4.74 Å². The summed E-state index contributed by atoms with van der Waals surface area (Å²) in [4.78, 5) is 29.3. The Bertz CT molecular complexity index is 645. The van der Waals surface area contributed by atoms with Gasteiger partial charge in [0.25, 0.3) is 0 Å². The topological polar surface area (TPSA) is 88.5 Å². The molecule has 0 radical (unpaired) electrons. The summed E-state index contributed by atoms with van der Waals surface area (Å²) < 4.78 is 7.04. The van der Waals surface area contributed by atoms with Crippen molar-refractivity contribution in [2.45, 2.75) is 44.6 Å². The van der Waals surface area contributed by atoms with Crippen LogP contribution < -0.4 is 10.6 Å². The van der Waals surface area contributed by atoms with Crippen LogP contribution in [0, 0.1) is 6.92 Å². The van der Waals surface area contributed by atoms with E-state index in [-0.39, 0.29) is 43.2 Å². The highest BCUT2D eigenvalue weighted by molar-refractivity contribution is 5.86. The number of amides is 1. The van der Waals surface area contributed by atoms with Crippen LogP contribution in [0.4, 0.5) is 5.95 Å². The molecule has 0 bridgehead atoms. The van der Waals surface area contributed by atoms with Crippen molar-refractivity contribution in [3.8, 4) is 0 Å². The van der Waals surface area contributed by atoms with Gasteiger partial charge in [0.05, 0.1) is 19.3 Å². The number of esters is 1. The Labute approximate surface area is 190 Å². The van der Waals surface area contributed by atoms with E-state index in [1.807, 2.05) is 6.92 Å². The first-order valence-corrected chi connectivity index (χ1v) is 9.42. The van der Waals surface area contributed by atoms with Gasteiger partial charge in [-0.25, -0.2) is 4.98 Å². The van der Waals surface area contributed by atoms with Crippen LogP contribution in [-0.4, -0.2) is 66.7 Å². The zero-order valence-corrected chi connectivity index (χ0v) is 19.3. The number of halogens is 3. The maximum Gasteiger partial charge on any atom is 0.319 e. The number of aryl methyl sites for hydroxylation is 1. The van der Waals surface area contributed by atoms with Gasteiger partial charge >= 0.3 is 5.97 Å². The van der Waals surface area contributed by atoms with Gasteiger partial charge in [0, 0.05) is 17.7 Å². The third kappa shape index (κ3) is 6.72. The number of anilines is 1. The first-order valence-electron chi connectivity index (χ1n) is 9.42. The van der Waals surface area contributed by atoms with Crippen LogP contribution in [0.15, 0.2) is 0 Å². The van der Waals surface area contributed by atoms with Crippen molar-refractivity contribution in [2.24, 2.45) is 0 Å². The molecule has 2 saturated heterocycles. The SMILES string of the molecule is COC(=O)CN1CCC(c2c(C)nc(NC=O)n2C2CCNCC2)CC1.Cl.Cl.Cl. The second-order valence-electron chi connectivity index (χ2n) is 7.15. The average Bonchev–Trinajstić information content (AvgIpc) is 2.99. The molecule has 1 amide bonds. The minimum atomic E-state index is -0.183. The van der Waals surface area contributed by atoms with E-state index in [1.54, 1.807) is 0 Å². The van der Waals surface area contributed by atoms with E-state index >= 15 is 0 Å². The number of nitrogens with zero attached hydrogens (tertiary/aromatic N) is 3. The Morgan fingerprint density at radius 1 is 1.21 bits per heavy atom. The minimum Gasteiger partial charge on any atom is -0.468 e. The molecule has 11 heteroatoms. The van der Waals surface area contributed by atoms with Crippen LogP contribution >= 0.6 is 37.2 Å². The first-order chi connectivity index (χ1) is 12.6. The molecule has 8 nitrogen and oxygen atoms in total. The second kappa shape index (κ2) is 13.3. The fraction of sp³-hybridized carbons (Fsp3) is 0.722. The molecule has 168 valence electrons. The molecule has 0 saturated carbocycles. The molecule has 29 heavy (non-hydrogen) atoms. The molecule has 2 fully saturated rings. The van der Waals surface area contributed by atoms with Crippen molar-refractivity contribution in [1.82, 2.24) is 19.8 Å². The highest BCUT2D eigenvalue weighted by Gasteiger charge is 2.30. The summed E-state index contributed by atoms with van der Waals surface area (Å²) in [6.45, 7) is 6.09. The lowest BCUT2D eigenvalue weighted by molar-refractivity contribution is -0.142. The number of hydrogen-bond acceptors (Lipinski definition) is 6. The van der Waals surface area contributed by atoms with E-state index in [9.17, 15) is 9.59 Å². The van der Waals surface area contributed by atoms with E-state index in [0.717, 1.165) is 57.6 Å². The molecule has 2 N–H and O–H groups in total. The van der Waals surface area contributed by atoms with Crippen molar-refractivity contribution in [3.63, 3.8) is 0 Å². The summed E-state index contributed by atoms with van der Waals surface area (Å²) >= 11 is 0. The van der Waals surface area contributed by atoms with Crippen LogP contribution in [0.5, 0.6) is 0 Å². The zero-order valence-electron chi connectivity index (χ0n) is 16.9. The van der Waals surface area contributed by atoms with Crippen molar-refractivity contribution >= 4 is 55.5 Å². The van der Waals surface area contributed by atoms with Gasteiger partial charge in [-0.1, -0.05) is 0 Å². The standard InChI is InChI=1S/C18H29N5O3.3ClH/c1-13-17(14-5-9-22(10-6-14)11-16(25)26-2)23(18(21-13)20-12-24)15-3-7-19-8-4-15;;;/h12,14-15,19H,3-11H2,1-2H3,(H,20,21,24);3*1H. The number of methoxy groups -OCH3 is 1. The van der Waals surface area contributed by atoms with Crippen LogP contribution in [0.25, 0.3) is 0 Å². The van der Waals surface area contributed by atoms with Gasteiger partial charge < -0.3 is 14.6 Å². The summed E-state index contributed by atoms with van der Waals surface area (Å²) in [5, 5.41) is 6.19. The van der Waals surface area contributed by atoms with Crippen molar-refractivity contribution in [3.05, 3.63) is 11.4 Å². The fourth-order valence-corrected chi connectivity index (χ4v) is 4.25. The Kier molecular flexibility index (Phi) is 12.8. The predicted molar refractivity (Wildman–Crippen MR) is 120 cm³/mol. The smallest absolute Gasteiger partial charge is 0.319 e. The number of aromatic nitrogens is 2. The third-order valence-electron chi connectivity index (χ3n) is 5.55. The van der Waals surface area contributed by atoms with Gasteiger partial charge in [0.2, 0.25) is 12.4 Å². The number of likely N-dealkylation sites (tertiary alicyclic amines) is 1. The van der Waals surface area contributed by atoms with E-state index in [0.29, 0.717) is 30.9 Å². The maximum atomic E-state index is 11.5. The lowest BCUT2D eigenvalue weighted by atomic mass is 9.91. The highest BCUT2D eigenvalue weighted by Crippen LogP contribution is 2.36. The number of rotatable bonds is 6. The lowest BCUT2D eigenvalue weighted by Gasteiger charge is -2.34. The average molecular weight is 473 g/mol. The highest BCUT2D eigenvalue weighted by atomic mass is 35.5. The summed E-state index contributed by atoms with van der Waals surface area (Å²) in [6, 6.07) is 0.364. The Morgan fingerprint density at radius 2 is 1.83 bits per heavy atom. The molecule has 0 unspecified atom stereocenters. The van der Waals surface area contributed by atoms with E-state index in [2.05, 4.69) is 25.1 Å². The number of carbonyl (C=O) groups excluding carboxylic acids is 2. The summed E-state index contributed by atoms with van der Waals surface area (Å²) in [6.07, 6.45) is 4.75. The molecule has 1 aromatic rings. The van der Waals surface area contributed by atoms with E-state index in [1.165, 1.54) is 12.8 Å². The van der Waals surface area contributed by atoms with Gasteiger partial charge in [-0.05, 0) is 58.8 Å². The van der Waals surface area contributed by atoms with Gasteiger partial charge in [0.15, 0.2) is 0 Å². The number of ether oxygens (including phenoxy) is 1. The number of nitrogens with one attached hydrogen (secondary N) is 2. The number of hydrogen-bond donors (Lipinski definition) is 2. The number of carbonyl (C=O) groups is 2. The molecule has 3 rings (SSSR count). The maximum absolute atomic E-state index is 11.5. The first kappa shape index (κ1) is 27.9. The number of imidazole rings is 1. The normalized spacial score (nSPS) is 18.0. The quantitative estimate of drug-likeness (QED) is 0.488. The molecule has 0 aromatic carbocycles. The lowest BCUT2D eigenvalue weighted by Crippen LogP contribution is -2.38. The molecule has 3 heterocycles. The van der Waals surface area contributed by atoms with Gasteiger partial charge in [-0.3, -0.25) is 19.8 Å². The largest absolute Gasteiger partial charge is 0.468 e. The zero-order chi connectivity index (χ0) is 18.5. The molecule has 2 aliphatic rings. The van der Waals surface area contributed by atoms with E-state index < -0.39 is 0 Å². The van der Waals surface area contributed by atoms with Crippen LogP contribution in [0.1, 0.15) is 49.0 Å². The van der Waals surface area contributed by atoms with Crippen LogP contribution in [0.2, 0.25) is 0 Å². The Morgan fingerprint density at radius 3 is 2.38 bits per heavy atom. The Hall–Kier alpha value is -1.06. The van der Waals surface area contributed by atoms with Crippen molar-refractivity contribution in [2.75, 3.05) is 45.2 Å². The molecular weight excluding hydrogens is 441 g/mol.